The fraction of sp³-hybridized carbons (Fsp3) is 0.773. The number of aromatic nitrogens is 2. The Balaban J connectivity index is 1.14. The molecular formula is C22H30FN7O4. The Morgan fingerprint density at radius 2 is 1.85 bits per heavy atom. The average Bonchev–Trinajstić information content (AvgIpc) is 3.50. The van der Waals surface area contributed by atoms with Crippen molar-refractivity contribution in [2.45, 2.75) is 62.7 Å². The second kappa shape index (κ2) is 9.11. The number of carbonyl (C=O) groups is 2. The highest BCUT2D eigenvalue weighted by Crippen LogP contribution is 2.52. The van der Waals surface area contributed by atoms with Crippen molar-refractivity contribution in [3.05, 3.63) is 0 Å². The van der Waals surface area contributed by atoms with Crippen molar-refractivity contribution < 1.29 is 23.1 Å². The predicted molar refractivity (Wildman–Crippen MR) is 117 cm³/mol. The average molecular weight is 476 g/mol. The maximum Gasteiger partial charge on any atom is 0.323 e. The normalized spacial score (nSPS) is 33.1. The minimum Gasteiger partial charge on any atom is -0.389 e. The molecule has 0 radical (unpaired) electrons. The van der Waals surface area contributed by atoms with Gasteiger partial charge in [-0.2, -0.15) is 5.26 Å². The molecule has 12 heteroatoms. The number of amides is 2. The van der Waals surface area contributed by atoms with Crippen LogP contribution in [0.1, 0.15) is 44.9 Å². The number of nitrogens with zero attached hydrogens (tertiary/aromatic N) is 5. The van der Waals surface area contributed by atoms with Crippen LogP contribution in [0.3, 0.4) is 0 Å². The fourth-order valence-electron chi connectivity index (χ4n) is 5.72. The number of rotatable bonds is 6. The summed E-state index contributed by atoms with van der Waals surface area (Å²) in [5.74, 6) is -0.342. The van der Waals surface area contributed by atoms with E-state index in [-0.39, 0.29) is 42.9 Å². The van der Waals surface area contributed by atoms with Gasteiger partial charge in [-0.25, -0.2) is 4.39 Å². The Kier molecular flexibility index (Phi) is 6.16. The summed E-state index contributed by atoms with van der Waals surface area (Å²) in [6.07, 6.45) is 3.33. The standard InChI is InChI=1S/C22H30FN7O4/c23-15-11-16(12-24)30(14-15)17(31)13-25-22-4-1-21(2-5-22,3-6-22)18(32)26-19-27-28-20(34-19)29-7-9-33-10-8-29/h15-16,25H,1-11,13-14H2,(H,26,27,32)/t15-,16-,21?,22?/m0/s1. The van der Waals surface area contributed by atoms with E-state index in [4.69, 9.17) is 9.15 Å². The molecule has 0 aromatic carbocycles. The largest absolute Gasteiger partial charge is 0.389 e. The van der Waals surface area contributed by atoms with Gasteiger partial charge in [0, 0.05) is 30.5 Å². The van der Waals surface area contributed by atoms with Crippen molar-refractivity contribution in [1.82, 2.24) is 20.4 Å². The lowest BCUT2D eigenvalue weighted by Crippen LogP contribution is -2.59. The summed E-state index contributed by atoms with van der Waals surface area (Å²) in [6.45, 7) is 2.60. The molecule has 6 rings (SSSR count). The molecule has 34 heavy (non-hydrogen) atoms. The summed E-state index contributed by atoms with van der Waals surface area (Å²) in [5, 5.41) is 23.4. The molecular weight excluding hydrogens is 445 g/mol. The molecule has 2 N–H and O–H groups in total. The van der Waals surface area contributed by atoms with Crippen LogP contribution in [-0.2, 0) is 14.3 Å². The van der Waals surface area contributed by atoms with E-state index in [0.29, 0.717) is 51.6 Å². The zero-order valence-corrected chi connectivity index (χ0v) is 19.1. The third-order valence-electron chi connectivity index (χ3n) is 7.98. The molecule has 3 heterocycles. The van der Waals surface area contributed by atoms with Crippen LogP contribution in [-0.4, -0.2) is 84.1 Å². The monoisotopic (exact) mass is 475 g/mol. The molecule has 5 fully saturated rings. The van der Waals surface area contributed by atoms with Crippen molar-refractivity contribution in [2.24, 2.45) is 5.41 Å². The zero-order valence-electron chi connectivity index (χ0n) is 19.1. The molecule has 2 bridgehead atoms. The molecule has 184 valence electrons. The van der Waals surface area contributed by atoms with Gasteiger partial charge >= 0.3 is 12.0 Å². The van der Waals surface area contributed by atoms with Crippen molar-refractivity contribution in [1.29, 1.82) is 5.26 Å². The number of alkyl halides is 1. The lowest BCUT2D eigenvalue weighted by molar-refractivity contribution is -0.135. The predicted octanol–water partition coefficient (Wildman–Crippen LogP) is 0.990. The molecule has 0 spiro atoms. The number of ether oxygens (including phenoxy) is 1. The third kappa shape index (κ3) is 4.34. The lowest BCUT2D eigenvalue weighted by atomic mass is 9.57. The number of anilines is 2. The van der Waals surface area contributed by atoms with Gasteiger partial charge < -0.3 is 24.3 Å². The van der Waals surface area contributed by atoms with Crippen LogP contribution >= 0.6 is 0 Å². The van der Waals surface area contributed by atoms with Gasteiger partial charge in [-0.1, -0.05) is 10.2 Å². The van der Waals surface area contributed by atoms with E-state index in [1.807, 2.05) is 11.0 Å². The molecule has 11 nitrogen and oxygen atoms in total. The first-order valence-corrected chi connectivity index (χ1v) is 12.0. The number of likely N-dealkylation sites (tertiary alicyclic amines) is 1. The summed E-state index contributed by atoms with van der Waals surface area (Å²) < 4.78 is 24.6. The first-order valence-electron chi connectivity index (χ1n) is 12.0. The number of halogens is 1. The van der Waals surface area contributed by atoms with Crippen molar-refractivity contribution >= 4 is 23.8 Å². The van der Waals surface area contributed by atoms with Gasteiger partial charge in [-0.3, -0.25) is 14.9 Å². The number of hydrogen-bond donors (Lipinski definition) is 2. The van der Waals surface area contributed by atoms with Gasteiger partial charge in [0.1, 0.15) is 12.2 Å². The van der Waals surface area contributed by atoms with Crippen LogP contribution in [0.15, 0.2) is 4.42 Å². The summed E-state index contributed by atoms with van der Waals surface area (Å²) in [5.41, 5.74) is -0.688. The van der Waals surface area contributed by atoms with Crippen LogP contribution in [0.4, 0.5) is 16.4 Å². The van der Waals surface area contributed by atoms with Crippen molar-refractivity contribution in [3.63, 3.8) is 0 Å². The van der Waals surface area contributed by atoms with Crippen LogP contribution < -0.4 is 15.5 Å². The van der Waals surface area contributed by atoms with Gasteiger partial charge in [0.25, 0.3) is 0 Å². The molecule has 3 saturated carbocycles. The van der Waals surface area contributed by atoms with Gasteiger partial charge in [0.2, 0.25) is 11.8 Å². The molecule has 2 saturated heterocycles. The van der Waals surface area contributed by atoms with Crippen LogP contribution in [0.2, 0.25) is 0 Å². The van der Waals surface area contributed by atoms with E-state index >= 15 is 0 Å². The second-order valence-electron chi connectivity index (χ2n) is 9.88. The Bertz CT molecular complexity index is 948. The Morgan fingerprint density at radius 3 is 2.53 bits per heavy atom. The van der Waals surface area contributed by atoms with E-state index in [9.17, 15) is 19.2 Å². The first-order chi connectivity index (χ1) is 16.4. The molecule has 2 aliphatic heterocycles. The number of nitrogens with one attached hydrogen (secondary N) is 2. The molecule has 5 aliphatic rings. The SMILES string of the molecule is N#C[C@@H]1C[C@H](F)CN1C(=O)CNC12CCC(C(=O)Nc3nnc(N4CCOCC4)o3)(CC1)CC2. The highest BCUT2D eigenvalue weighted by molar-refractivity contribution is 5.94. The molecule has 2 amide bonds. The van der Waals surface area contributed by atoms with Gasteiger partial charge in [0.15, 0.2) is 0 Å². The highest BCUT2D eigenvalue weighted by atomic mass is 19.1. The van der Waals surface area contributed by atoms with Crippen LogP contribution in [0.5, 0.6) is 0 Å². The molecule has 0 unspecified atom stereocenters. The molecule has 1 aromatic heterocycles. The van der Waals surface area contributed by atoms with E-state index in [2.05, 4.69) is 20.8 Å². The highest BCUT2D eigenvalue weighted by Gasteiger charge is 2.52. The van der Waals surface area contributed by atoms with Gasteiger partial charge in [-0.05, 0) is 38.5 Å². The topological polar surface area (TPSA) is 137 Å². The lowest BCUT2D eigenvalue weighted by Gasteiger charge is -2.52. The van der Waals surface area contributed by atoms with Gasteiger partial charge in [-0.15, -0.1) is 0 Å². The number of fused-ring (bicyclic) bond motifs is 3. The molecule has 1 aromatic rings. The molecule has 2 atom stereocenters. The maximum absolute atomic E-state index is 13.7. The minimum atomic E-state index is -1.14. The van der Waals surface area contributed by atoms with Crippen molar-refractivity contribution in [2.75, 3.05) is 49.6 Å². The summed E-state index contributed by atoms with van der Waals surface area (Å²) >= 11 is 0. The van der Waals surface area contributed by atoms with Crippen LogP contribution in [0, 0.1) is 16.7 Å². The van der Waals surface area contributed by atoms with Gasteiger partial charge in [0.05, 0.1) is 32.4 Å². The summed E-state index contributed by atoms with van der Waals surface area (Å²) in [7, 11) is 0. The third-order valence-corrected chi connectivity index (χ3v) is 7.98. The number of nitriles is 1. The summed E-state index contributed by atoms with van der Waals surface area (Å²) in [6, 6.07) is 1.82. The van der Waals surface area contributed by atoms with E-state index in [1.165, 1.54) is 4.90 Å². The maximum atomic E-state index is 13.7. The number of carbonyl (C=O) groups excluding carboxylic acids is 2. The Morgan fingerprint density at radius 1 is 1.15 bits per heavy atom. The molecule has 3 aliphatic carbocycles. The first kappa shape index (κ1) is 23.0. The second-order valence-corrected chi connectivity index (χ2v) is 9.88. The smallest absolute Gasteiger partial charge is 0.323 e. The fourth-order valence-corrected chi connectivity index (χ4v) is 5.72. The Labute approximate surface area is 197 Å². The van der Waals surface area contributed by atoms with E-state index in [1.54, 1.807) is 0 Å². The number of morpholine rings is 1. The van der Waals surface area contributed by atoms with E-state index in [0.717, 1.165) is 19.3 Å². The number of hydrogen-bond acceptors (Lipinski definition) is 9. The van der Waals surface area contributed by atoms with E-state index < -0.39 is 17.6 Å². The van der Waals surface area contributed by atoms with Crippen LogP contribution in [0.25, 0.3) is 0 Å². The minimum absolute atomic E-state index is 0.0159. The quantitative estimate of drug-likeness (QED) is 0.617. The summed E-state index contributed by atoms with van der Waals surface area (Å²) in [4.78, 5) is 29.0. The Hall–Kier alpha value is -2.78. The van der Waals surface area contributed by atoms with Crippen molar-refractivity contribution in [3.8, 4) is 6.07 Å². The zero-order chi connectivity index (χ0) is 23.8.